The zero-order chi connectivity index (χ0) is 20.2. The van der Waals surface area contributed by atoms with Gasteiger partial charge in [-0.25, -0.2) is 0 Å². The molecule has 0 aromatic heterocycles. The fourth-order valence-electron chi connectivity index (χ4n) is 3.06. The van der Waals surface area contributed by atoms with E-state index in [0.29, 0.717) is 15.8 Å². The molecule has 0 aliphatic carbocycles. The maximum Gasteiger partial charge on any atom is 0.270 e. The van der Waals surface area contributed by atoms with E-state index >= 15 is 0 Å². The Bertz CT molecular complexity index is 1080. The summed E-state index contributed by atoms with van der Waals surface area (Å²) >= 11 is 6.78. The Balaban J connectivity index is 1.61. The van der Waals surface area contributed by atoms with Crippen LogP contribution < -0.4 is 9.64 Å². The van der Waals surface area contributed by atoms with Crippen molar-refractivity contribution < 1.29 is 9.53 Å². The molecule has 1 heterocycles. The highest BCUT2D eigenvalue weighted by Gasteiger charge is 2.33. The molecule has 0 spiro atoms. The zero-order valence-electron chi connectivity index (χ0n) is 15.9. The quantitative estimate of drug-likeness (QED) is 0.377. The minimum atomic E-state index is -0.110. The van der Waals surface area contributed by atoms with Crippen LogP contribution in [-0.4, -0.2) is 10.2 Å². The van der Waals surface area contributed by atoms with Crippen LogP contribution in [0.3, 0.4) is 0 Å². The third kappa shape index (κ3) is 4.42. The number of aryl methyl sites for hydroxylation is 1. The summed E-state index contributed by atoms with van der Waals surface area (Å²) in [6.45, 7) is 2.49. The molecule has 0 radical (unpaired) electrons. The summed E-state index contributed by atoms with van der Waals surface area (Å²) in [5.74, 6) is 0.631. The number of thiocarbonyl (C=S) groups is 1. The largest absolute Gasteiger partial charge is 0.488 e. The molecule has 0 N–H and O–H groups in total. The second-order valence-corrected chi connectivity index (χ2v) is 8.34. The molecule has 1 aliphatic rings. The smallest absolute Gasteiger partial charge is 0.270 e. The fourth-order valence-corrected chi connectivity index (χ4v) is 4.35. The maximum absolute atomic E-state index is 13.0. The monoisotopic (exact) mass is 417 g/mol. The lowest BCUT2D eigenvalue weighted by molar-refractivity contribution is -0.113. The summed E-state index contributed by atoms with van der Waals surface area (Å²) in [5.41, 5.74) is 3.84. The zero-order valence-corrected chi connectivity index (χ0v) is 17.5. The predicted octanol–water partition coefficient (Wildman–Crippen LogP) is 5.98. The van der Waals surface area contributed by atoms with E-state index in [-0.39, 0.29) is 5.91 Å². The average Bonchev–Trinajstić information content (AvgIpc) is 3.02. The Labute approximate surface area is 180 Å². The van der Waals surface area contributed by atoms with E-state index in [1.54, 1.807) is 4.90 Å². The van der Waals surface area contributed by atoms with Crippen molar-refractivity contribution in [3.63, 3.8) is 0 Å². The van der Waals surface area contributed by atoms with Crippen molar-refractivity contribution in [1.29, 1.82) is 0 Å². The predicted molar refractivity (Wildman–Crippen MR) is 124 cm³/mol. The average molecular weight is 418 g/mol. The van der Waals surface area contributed by atoms with Gasteiger partial charge in [0, 0.05) is 5.56 Å². The minimum Gasteiger partial charge on any atom is -0.488 e. The van der Waals surface area contributed by atoms with Crippen LogP contribution in [-0.2, 0) is 11.4 Å². The van der Waals surface area contributed by atoms with Crippen LogP contribution in [0.25, 0.3) is 6.08 Å². The molecular formula is C24H19NO2S2. The van der Waals surface area contributed by atoms with Gasteiger partial charge in [-0.1, -0.05) is 84.1 Å². The molecule has 3 aromatic carbocycles. The summed E-state index contributed by atoms with van der Waals surface area (Å²) in [6, 6.07) is 25.5. The van der Waals surface area contributed by atoms with Gasteiger partial charge in [-0.05, 0) is 42.8 Å². The SMILES string of the molecule is Cc1ccc(OCc2ccccc2)c(/C=C2\SC(=S)N(c3ccccc3)C2=O)c1. The molecule has 0 bridgehead atoms. The second-order valence-electron chi connectivity index (χ2n) is 6.67. The summed E-state index contributed by atoms with van der Waals surface area (Å²) in [7, 11) is 0. The van der Waals surface area contributed by atoms with E-state index < -0.39 is 0 Å². The van der Waals surface area contributed by atoms with Gasteiger partial charge in [0.25, 0.3) is 5.91 Å². The second kappa shape index (κ2) is 8.64. The van der Waals surface area contributed by atoms with Crippen LogP contribution in [0.5, 0.6) is 5.75 Å². The third-order valence-corrected chi connectivity index (χ3v) is 5.80. The van der Waals surface area contributed by atoms with Crippen LogP contribution >= 0.6 is 24.0 Å². The van der Waals surface area contributed by atoms with E-state index in [9.17, 15) is 4.79 Å². The van der Waals surface area contributed by atoms with Gasteiger partial charge in [-0.2, -0.15) is 0 Å². The van der Waals surface area contributed by atoms with E-state index in [0.717, 1.165) is 28.1 Å². The normalized spacial score (nSPS) is 15.2. The van der Waals surface area contributed by atoms with Gasteiger partial charge in [-0.15, -0.1) is 0 Å². The summed E-state index contributed by atoms with van der Waals surface area (Å²) in [4.78, 5) is 15.2. The number of para-hydroxylation sites is 1. The molecular weight excluding hydrogens is 398 g/mol. The number of hydrogen-bond donors (Lipinski definition) is 0. The Kier molecular flexibility index (Phi) is 5.79. The minimum absolute atomic E-state index is 0.110. The molecule has 0 atom stereocenters. The summed E-state index contributed by atoms with van der Waals surface area (Å²) in [5, 5.41) is 0. The number of amides is 1. The first kappa shape index (κ1) is 19.4. The van der Waals surface area contributed by atoms with Crippen LogP contribution in [0, 0.1) is 6.92 Å². The standard InChI is InChI=1S/C24H19NO2S2/c1-17-12-13-21(27-16-18-8-4-2-5-9-18)19(14-17)15-22-23(26)25(24(28)29-22)20-10-6-3-7-11-20/h2-15H,16H2,1H3/b22-15-. The third-order valence-electron chi connectivity index (χ3n) is 4.50. The molecule has 3 nitrogen and oxygen atoms in total. The fraction of sp³-hybridized carbons (Fsp3) is 0.0833. The molecule has 1 saturated heterocycles. The number of rotatable bonds is 5. The first-order valence-corrected chi connectivity index (χ1v) is 10.4. The molecule has 5 heteroatoms. The van der Waals surface area contributed by atoms with Gasteiger partial charge in [0.05, 0.1) is 10.6 Å². The molecule has 1 fully saturated rings. The van der Waals surface area contributed by atoms with E-state index in [4.69, 9.17) is 17.0 Å². The van der Waals surface area contributed by atoms with Crippen molar-refractivity contribution in [3.05, 3.63) is 100 Å². The molecule has 1 amide bonds. The molecule has 4 rings (SSSR count). The lowest BCUT2D eigenvalue weighted by Crippen LogP contribution is -2.27. The van der Waals surface area contributed by atoms with Gasteiger partial charge in [0.2, 0.25) is 0 Å². The molecule has 0 unspecified atom stereocenters. The van der Waals surface area contributed by atoms with Gasteiger partial charge in [-0.3, -0.25) is 9.69 Å². The van der Waals surface area contributed by atoms with Crippen molar-refractivity contribution in [2.75, 3.05) is 4.90 Å². The van der Waals surface area contributed by atoms with Crippen molar-refractivity contribution in [2.45, 2.75) is 13.5 Å². The summed E-state index contributed by atoms with van der Waals surface area (Å²) < 4.78 is 6.58. The molecule has 1 aliphatic heterocycles. The lowest BCUT2D eigenvalue weighted by Gasteiger charge is -2.14. The van der Waals surface area contributed by atoms with Gasteiger partial charge in [0.1, 0.15) is 12.4 Å². The highest BCUT2D eigenvalue weighted by Crippen LogP contribution is 2.37. The number of ether oxygens (including phenoxy) is 1. The van der Waals surface area contributed by atoms with Crippen LogP contribution in [0.1, 0.15) is 16.7 Å². The number of anilines is 1. The van der Waals surface area contributed by atoms with Crippen molar-refractivity contribution >= 4 is 46.0 Å². The van der Waals surface area contributed by atoms with Gasteiger partial charge < -0.3 is 4.74 Å². The Morgan fingerprint density at radius 1 is 1.00 bits per heavy atom. The Morgan fingerprint density at radius 2 is 1.69 bits per heavy atom. The van der Waals surface area contributed by atoms with E-state index in [1.165, 1.54) is 11.8 Å². The number of thioether (sulfide) groups is 1. The molecule has 3 aromatic rings. The topological polar surface area (TPSA) is 29.5 Å². The Hall–Kier alpha value is -2.89. The number of carbonyl (C=O) groups is 1. The molecule has 29 heavy (non-hydrogen) atoms. The Morgan fingerprint density at radius 3 is 2.41 bits per heavy atom. The van der Waals surface area contributed by atoms with Crippen LogP contribution in [0.2, 0.25) is 0 Å². The van der Waals surface area contributed by atoms with Gasteiger partial charge in [0.15, 0.2) is 4.32 Å². The molecule has 0 saturated carbocycles. The molecule has 144 valence electrons. The number of nitrogens with zero attached hydrogens (tertiary/aromatic N) is 1. The lowest BCUT2D eigenvalue weighted by atomic mass is 10.1. The van der Waals surface area contributed by atoms with Crippen LogP contribution in [0.4, 0.5) is 5.69 Å². The van der Waals surface area contributed by atoms with Crippen molar-refractivity contribution in [3.8, 4) is 5.75 Å². The number of benzene rings is 3. The summed E-state index contributed by atoms with van der Waals surface area (Å²) in [6.07, 6.45) is 1.87. The van der Waals surface area contributed by atoms with Crippen molar-refractivity contribution in [1.82, 2.24) is 0 Å². The number of carbonyl (C=O) groups excluding carboxylic acids is 1. The highest BCUT2D eigenvalue weighted by atomic mass is 32.2. The van der Waals surface area contributed by atoms with Crippen LogP contribution in [0.15, 0.2) is 83.8 Å². The van der Waals surface area contributed by atoms with Gasteiger partial charge >= 0.3 is 0 Å². The number of hydrogen-bond acceptors (Lipinski definition) is 4. The maximum atomic E-state index is 13.0. The first-order chi connectivity index (χ1) is 14.1. The highest BCUT2D eigenvalue weighted by molar-refractivity contribution is 8.27. The first-order valence-electron chi connectivity index (χ1n) is 9.22. The van der Waals surface area contributed by atoms with E-state index in [1.807, 2.05) is 91.9 Å². The van der Waals surface area contributed by atoms with E-state index in [2.05, 4.69) is 0 Å². The van der Waals surface area contributed by atoms with Crippen molar-refractivity contribution in [2.24, 2.45) is 0 Å².